The van der Waals surface area contributed by atoms with Crippen molar-refractivity contribution in [2.75, 3.05) is 40.4 Å². The van der Waals surface area contributed by atoms with Crippen molar-refractivity contribution in [2.24, 2.45) is 0 Å². The van der Waals surface area contributed by atoms with Gasteiger partial charge >= 0.3 is 5.97 Å². The van der Waals surface area contributed by atoms with E-state index in [-0.39, 0.29) is 24.0 Å². The molecule has 3 rings (SSSR count). The van der Waals surface area contributed by atoms with Gasteiger partial charge in [0.15, 0.2) is 0 Å². The summed E-state index contributed by atoms with van der Waals surface area (Å²) in [6.07, 6.45) is -0.345. The zero-order valence-electron chi connectivity index (χ0n) is 13.8. The van der Waals surface area contributed by atoms with Crippen molar-refractivity contribution in [3.8, 4) is 11.5 Å². The van der Waals surface area contributed by atoms with Gasteiger partial charge in [0.05, 0.1) is 32.9 Å². The predicted octanol–water partition coefficient (Wildman–Crippen LogP) is 1.73. The molecule has 1 N–H and O–H groups in total. The van der Waals surface area contributed by atoms with Gasteiger partial charge in [-0.25, -0.2) is 4.79 Å². The van der Waals surface area contributed by atoms with Crippen molar-refractivity contribution in [3.05, 3.63) is 29.2 Å². The fourth-order valence-electron chi connectivity index (χ4n) is 3.42. The standard InChI is InChI=1S/C17H22NO5/c1-5-18(3)6-7-22-12(8-18)14-15(19)13-11(9-23-17(13)20)10(2)16(14)21-4/h12H,1,5-9H2,2-4H3/p+1. The van der Waals surface area contributed by atoms with E-state index in [9.17, 15) is 9.90 Å². The topological polar surface area (TPSA) is 65.0 Å². The van der Waals surface area contributed by atoms with Gasteiger partial charge in [-0.2, -0.15) is 0 Å². The maximum atomic E-state index is 12.0. The number of phenols is 1. The normalized spacial score (nSPS) is 26.8. The minimum atomic E-state index is -0.491. The summed E-state index contributed by atoms with van der Waals surface area (Å²) in [6, 6.07) is 0. The summed E-state index contributed by atoms with van der Waals surface area (Å²) in [7, 11) is 3.67. The van der Waals surface area contributed by atoms with Crippen LogP contribution in [-0.2, 0) is 16.1 Å². The Morgan fingerprint density at radius 1 is 1.48 bits per heavy atom. The van der Waals surface area contributed by atoms with Crippen LogP contribution in [0.2, 0.25) is 0 Å². The van der Waals surface area contributed by atoms with E-state index in [0.29, 0.717) is 30.0 Å². The molecule has 1 saturated heterocycles. The third-order valence-corrected chi connectivity index (χ3v) is 5.01. The van der Waals surface area contributed by atoms with Crippen LogP contribution in [0.5, 0.6) is 11.5 Å². The van der Waals surface area contributed by atoms with Crippen molar-refractivity contribution in [1.82, 2.24) is 0 Å². The number of phenolic OH excluding ortho intramolecular Hbond substituents is 1. The molecule has 1 radical (unpaired) electrons. The van der Waals surface area contributed by atoms with Gasteiger partial charge in [-0.15, -0.1) is 0 Å². The lowest BCUT2D eigenvalue weighted by Crippen LogP contribution is -2.52. The number of fused-ring (bicyclic) bond motifs is 1. The maximum Gasteiger partial charge on any atom is 0.342 e. The van der Waals surface area contributed by atoms with Crippen LogP contribution in [0.15, 0.2) is 0 Å². The monoisotopic (exact) mass is 321 g/mol. The number of morpholine rings is 1. The molecule has 0 saturated carbocycles. The van der Waals surface area contributed by atoms with Crippen molar-refractivity contribution in [3.63, 3.8) is 0 Å². The number of rotatable bonds is 3. The molecule has 0 aliphatic carbocycles. The summed E-state index contributed by atoms with van der Waals surface area (Å²) in [4.78, 5) is 12.0. The fraction of sp³-hybridized carbons (Fsp3) is 0.529. The molecule has 0 amide bonds. The summed E-state index contributed by atoms with van der Waals surface area (Å²) < 4.78 is 17.3. The number of carbonyl (C=O) groups excluding carboxylic acids is 1. The highest BCUT2D eigenvalue weighted by Gasteiger charge is 2.39. The third kappa shape index (κ3) is 2.46. The maximum absolute atomic E-state index is 12.0. The fourth-order valence-corrected chi connectivity index (χ4v) is 3.42. The lowest BCUT2D eigenvalue weighted by molar-refractivity contribution is -0.916. The van der Waals surface area contributed by atoms with E-state index in [0.717, 1.165) is 23.1 Å². The van der Waals surface area contributed by atoms with Crippen LogP contribution in [0.3, 0.4) is 0 Å². The molecule has 2 aliphatic heterocycles. The lowest BCUT2D eigenvalue weighted by atomic mass is 9.93. The number of hydrogen-bond acceptors (Lipinski definition) is 5. The van der Waals surface area contributed by atoms with Crippen LogP contribution >= 0.6 is 0 Å². The summed E-state index contributed by atoms with van der Waals surface area (Å²) in [5, 5.41) is 10.7. The van der Waals surface area contributed by atoms with Crippen LogP contribution in [0.25, 0.3) is 0 Å². The molecule has 0 aromatic heterocycles. The van der Waals surface area contributed by atoms with E-state index >= 15 is 0 Å². The second kappa shape index (κ2) is 5.69. The molecule has 1 aromatic carbocycles. The first-order valence-electron chi connectivity index (χ1n) is 7.75. The Balaban J connectivity index is 2.14. The highest BCUT2D eigenvalue weighted by Crippen LogP contribution is 2.46. The van der Waals surface area contributed by atoms with Gasteiger partial charge in [-0.05, 0) is 12.5 Å². The highest BCUT2D eigenvalue weighted by atomic mass is 16.5. The van der Waals surface area contributed by atoms with Crippen LogP contribution in [0.4, 0.5) is 0 Å². The van der Waals surface area contributed by atoms with Crippen LogP contribution in [0, 0.1) is 13.8 Å². The van der Waals surface area contributed by atoms with E-state index in [1.807, 2.05) is 6.92 Å². The summed E-state index contributed by atoms with van der Waals surface area (Å²) >= 11 is 0. The Kier molecular flexibility index (Phi) is 3.98. The number of methoxy groups -OCH3 is 1. The zero-order valence-corrected chi connectivity index (χ0v) is 13.8. The van der Waals surface area contributed by atoms with Crippen LogP contribution in [0.1, 0.15) is 33.2 Å². The Bertz CT molecular complexity index is 657. The molecule has 2 aliphatic rings. The predicted molar refractivity (Wildman–Crippen MR) is 83.4 cm³/mol. The quantitative estimate of drug-likeness (QED) is 0.678. The molecular weight excluding hydrogens is 298 g/mol. The van der Waals surface area contributed by atoms with Crippen molar-refractivity contribution in [2.45, 2.75) is 19.6 Å². The smallest absolute Gasteiger partial charge is 0.342 e. The molecule has 0 spiro atoms. The highest BCUT2D eigenvalue weighted by molar-refractivity contribution is 5.98. The van der Waals surface area contributed by atoms with Crippen molar-refractivity contribution < 1.29 is 28.6 Å². The van der Waals surface area contributed by atoms with Crippen LogP contribution < -0.4 is 4.74 Å². The van der Waals surface area contributed by atoms with Gasteiger partial charge in [-0.3, -0.25) is 0 Å². The minimum absolute atomic E-state index is 0.0764. The number of esters is 1. The number of quaternary nitrogens is 1. The lowest BCUT2D eigenvalue weighted by Gasteiger charge is -2.41. The largest absolute Gasteiger partial charge is 0.506 e. The van der Waals surface area contributed by atoms with E-state index < -0.39 is 5.97 Å². The molecule has 1 fully saturated rings. The first kappa shape index (κ1) is 16.1. The Morgan fingerprint density at radius 3 is 2.87 bits per heavy atom. The minimum Gasteiger partial charge on any atom is -0.506 e. The average Bonchev–Trinajstić information content (AvgIpc) is 2.93. The number of nitrogens with zero attached hydrogens (tertiary/aromatic N) is 1. The molecule has 6 nitrogen and oxygen atoms in total. The van der Waals surface area contributed by atoms with Gasteiger partial charge in [0.2, 0.25) is 0 Å². The number of ether oxygens (including phenoxy) is 3. The van der Waals surface area contributed by atoms with E-state index in [4.69, 9.17) is 14.2 Å². The second-order valence-electron chi connectivity index (χ2n) is 6.46. The van der Waals surface area contributed by atoms with Gasteiger partial charge in [0, 0.05) is 12.5 Å². The van der Waals surface area contributed by atoms with Gasteiger partial charge < -0.3 is 23.8 Å². The number of cyclic esters (lactones) is 1. The number of benzene rings is 1. The third-order valence-electron chi connectivity index (χ3n) is 5.01. The summed E-state index contributed by atoms with van der Waals surface area (Å²) in [5.74, 6) is 0.00393. The number of carbonyl (C=O) groups is 1. The SMILES string of the molecule is [CH2]C[N+]1(C)CCOC(c2c(O)c3c(c(C)c2OC)COC3=O)C1. The summed E-state index contributed by atoms with van der Waals surface area (Å²) in [6.45, 7) is 8.89. The molecular formula is C17H23NO5+. The average molecular weight is 321 g/mol. The molecule has 1 aromatic rings. The second-order valence-corrected chi connectivity index (χ2v) is 6.46. The Labute approximate surface area is 136 Å². The van der Waals surface area contributed by atoms with E-state index in [2.05, 4.69) is 14.0 Å². The molecule has 2 heterocycles. The molecule has 23 heavy (non-hydrogen) atoms. The first-order chi connectivity index (χ1) is 10.9. The molecule has 125 valence electrons. The number of hydrogen-bond donors (Lipinski definition) is 1. The van der Waals surface area contributed by atoms with E-state index in [1.165, 1.54) is 0 Å². The Hall–Kier alpha value is -1.79. The van der Waals surface area contributed by atoms with Crippen molar-refractivity contribution in [1.29, 1.82) is 0 Å². The summed E-state index contributed by atoms with van der Waals surface area (Å²) in [5.41, 5.74) is 2.30. The van der Waals surface area contributed by atoms with E-state index in [1.54, 1.807) is 7.11 Å². The number of aromatic hydroxyl groups is 1. The first-order valence-corrected chi connectivity index (χ1v) is 7.75. The number of likely N-dealkylation sites (N-methyl/N-ethyl adjacent to an activating group) is 1. The zero-order chi connectivity index (χ0) is 16.8. The molecule has 2 atom stereocenters. The van der Waals surface area contributed by atoms with Gasteiger partial charge in [-0.1, -0.05) is 0 Å². The van der Waals surface area contributed by atoms with Gasteiger partial charge in [0.1, 0.15) is 42.9 Å². The molecule has 2 unspecified atom stereocenters. The van der Waals surface area contributed by atoms with Crippen molar-refractivity contribution >= 4 is 5.97 Å². The Morgan fingerprint density at radius 2 is 2.22 bits per heavy atom. The van der Waals surface area contributed by atoms with Crippen LogP contribution in [-0.4, -0.2) is 56.0 Å². The van der Waals surface area contributed by atoms with Gasteiger partial charge in [0.25, 0.3) is 0 Å². The molecule has 6 heteroatoms. The molecule has 0 bridgehead atoms.